The summed E-state index contributed by atoms with van der Waals surface area (Å²) in [4.78, 5) is 11.1. The van der Waals surface area contributed by atoms with Crippen molar-refractivity contribution in [1.82, 2.24) is 9.97 Å². The third-order valence-electron chi connectivity index (χ3n) is 3.25. The monoisotopic (exact) mass is 241 g/mol. The predicted molar refractivity (Wildman–Crippen MR) is 71.0 cm³/mol. The molecule has 0 aliphatic carbocycles. The lowest BCUT2D eigenvalue weighted by Crippen LogP contribution is -2.13. The van der Waals surface area contributed by atoms with Gasteiger partial charge in [-0.1, -0.05) is 6.07 Å². The molecule has 0 unspecified atom stereocenters. The molecule has 1 aliphatic rings. The van der Waals surface area contributed by atoms with Gasteiger partial charge in [-0.05, 0) is 24.1 Å². The van der Waals surface area contributed by atoms with Crippen LogP contribution in [0.5, 0.6) is 5.88 Å². The van der Waals surface area contributed by atoms with Gasteiger partial charge in [-0.2, -0.15) is 0 Å². The van der Waals surface area contributed by atoms with Crippen molar-refractivity contribution in [2.45, 2.75) is 6.42 Å². The second-order valence-corrected chi connectivity index (χ2v) is 4.44. The lowest BCUT2D eigenvalue weighted by molar-refractivity contribution is 0.398. The van der Waals surface area contributed by atoms with E-state index in [4.69, 9.17) is 4.74 Å². The van der Waals surface area contributed by atoms with Gasteiger partial charge in [-0.25, -0.2) is 9.97 Å². The quantitative estimate of drug-likeness (QED) is 0.807. The first-order chi connectivity index (χ1) is 8.78. The number of anilines is 1. The first-order valence-corrected chi connectivity index (χ1v) is 5.99. The van der Waals surface area contributed by atoms with E-state index in [-0.39, 0.29) is 0 Å². The van der Waals surface area contributed by atoms with Crippen LogP contribution in [-0.2, 0) is 6.42 Å². The molecule has 0 saturated carbocycles. The molecular formula is C14H15N3O. The maximum atomic E-state index is 5.15. The SMILES string of the molecule is COc1cccc(-c2cnc3c(c2)CCN3C)n1. The molecule has 0 spiro atoms. The molecule has 2 aromatic heterocycles. The van der Waals surface area contributed by atoms with E-state index < -0.39 is 0 Å². The van der Waals surface area contributed by atoms with Gasteiger partial charge in [-0.3, -0.25) is 0 Å². The van der Waals surface area contributed by atoms with E-state index in [0.29, 0.717) is 5.88 Å². The molecule has 0 N–H and O–H groups in total. The van der Waals surface area contributed by atoms with Crippen molar-refractivity contribution in [2.24, 2.45) is 0 Å². The van der Waals surface area contributed by atoms with Crippen molar-refractivity contribution in [3.8, 4) is 17.1 Å². The van der Waals surface area contributed by atoms with Crippen LogP contribution in [0.1, 0.15) is 5.56 Å². The predicted octanol–water partition coefficient (Wildman–Crippen LogP) is 2.14. The maximum absolute atomic E-state index is 5.15. The van der Waals surface area contributed by atoms with Gasteiger partial charge in [0.2, 0.25) is 5.88 Å². The topological polar surface area (TPSA) is 38.2 Å². The van der Waals surface area contributed by atoms with Crippen LogP contribution in [0.25, 0.3) is 11.3 Å². The summed E-state index contributed by atoms with van der Waals surface area (Å²) >= 11 is 0. The number of pyridine rings is 2. The van der Waals surface area contributed by atoms with Gasteiger partial charge < -0.3 is 9.64 Å². The lowest BCUT2D eigenvalue weighted by Gasteiger charge is -2.10. The Morgan fingerprint density at radius 2 is 2.22 bits per heavy atom. The largest absolute Gasteiger partial charge is 0.481 e. The lowest BCUT2D eigenvalue weighted by atomic mass is 10.1. The molecule has 4 nitrogen and oxygen atoms in total. The summed E-state index contributed by atoms with van der Waals surface area (Å²) in [5.41, 5.74) is 3.24. The number of rotatable bonds is 2. The van der Waals surface area contributed by atoms with E-state index >= 15 is 0 Å². The Bertz CT molecular complexity index is 583. The third-order valence-corrected chi connectivity index (χ3v) is 3.25. The van der Waals surface area contributed by atoms with Crippen LogP contribution in [0, 0.1) is 0 Å². The highest BCUT2D eigenvalue weighted by atomic mass is 16.5. The Hall–Kier alpha value is -2.10. The third kappa shape index (κ3) is 1.79. The van der Waals surface area contributed by atoms with Crippen LogP contribution in [0.2, 0.25) is 0 Å². The molecule has 4 heteroatoms. The molecular weight excluding hydrogens is 226 g/mol. The second kappa shape index (κ2) is 4.29. The molecule has 0 aromatic carbocycles. The van der Waals surface area contributed by atoms with Crippen LogP contribution < -0.4 is 9.64 Å². The number of nitrogens with zero attached hydrogens (tertiary/aromatic N) is 3. The van der Waals surface area contributed by atoms with E-state index in [2.05, 4.69) is 28.0 Å². The van der Waals surface area contributed by atoms with Crippen LogP contribution >= 0.6 is 0 Å². The maximum Gasteiger partial charge on any atom is 0.213 e. The molecule has 1 aliphatic heterocycles. The van der Waals surface area contributed by atoms with Crippen LogP contribution in [0.3, 0.4) is 0 Å². The van der Waals surface area contributed by atoms with E-state index in [0.717, 1.165) is 30.0 Å². The average Bonchev–Trinajstić information content (AvgIpc) is 2.80. The highest BCUT2D eigenvalue weighted by Crippen LogP contribution is 2.28. The van der Waals surface area contributed by atoms with Crippen molar-refractivity contribution < 1.29 is 4.74 Å². The van der Waals surface area contributed by atoms with Crippen LogP contribution in [-0.4, -0.2) is 30.7 Å². The van der Waals surface area contributed by atoms with Crippen molar-refractivity contribution in [3.05, 3.63) is 36.0 Å². The molecule has 0 atom stereocenters. The Kier molecular flexibility index (Phi) is 2.63. The summed E-state index contributed by atoms with van der Waals surface area (Å²) in [6, 6.07) is 7.94. The fraction of sp³-hybridized carbons (Fsp3) is 0.286. The summed E-state index contributed by atoms with van der Waals surface area (Å²) in [5, 5.41) is 0. The van der Waals surface area contributed by atoms with Gasteiger partial charge in [0.15, 0.2) is 0 Å². The standard InChI is InChI=1S/C14H15N3O/c1-17-7-6-10-8-11(9-15-14(10)17)12-4-3-5-13(16-12)18-2/h3-5,8-9H,6-7H2,1-2H3. The normalized spacial score (nSPS) is 13.6. The number of fused-ring (bicyclic) bond motifs is 1. The summed E-state index contributed by atoms with van der Waals surface area (Å²) in [6.07, 6.45) is 2.93. The van der Waals surface area contributed by atoms with Gasteiger partial charge in [0, 0.05) is 31.4 Å². The summed E-state index contributed by atoms with van der Waals surface area (Å²) < 4.78 is 5.15. The van der Waals surface area contributed by atoms with E-state index in [1.807, 2.05) is 24.4 Å². The molecule has 0 bridgehead atoms. The number of methoxy groups -OCH3 is 1. The van der Waals surface area contributed by atoms with E-state index in [1.165, 1.54) is 5.56 Å². The van der Waals surface area contributed by atoms with Gasteiger partial charge in [0.25, 0.3) is 0 Å². The fourth-order valence-corrected chi connectivity index (χ4v) is 2.25. The summed E-state index contributed by atoms with van der Waals surface area (Å²) in [7, 11) is 3.70. The Morgan fingerprint density at radius 1 is 1.33 bits per heavy atom. The summed E-state index contributed by atoms with van der Waals surface area (Å²) in [5.74, 6) is 1.71. The molecule has 18 heavy (non-hydrogen) atoms. The molecule has 0 fully saturated rings. The second-order valence-electron chi connectivity index (χ2n) is 4.44. The molecule has 2 aromatic rings. The van der Waals surface area contributed by atoms with Crippen molar-refractivity contribution >= 4 is 5.82 Å². The highest BCUT2D eigenvalue weighted by Gasteiger charge is 2.17. The molecule has 3 heterocycles. The Morgan fingerprint density at radius 3 is 3.06 bits per heavy atom. The first-order valence-electron chi connectivity index (χ1n) is 5.99. The van der Waals surface area contributed by atoms with Gasteiger partial charge in [-0.15, -0.1) is 0 Å². The van der Waals surface area contributed by atoms with Crippen molar-refractivity contribution in [3.63, 3.8) is 0 Å². The number of hydrogen-bond acceptors (Lipinski definition) is 4. The number of aromatic nitrogens is 2. The summed E-state index contributed by atoms with van der Waals surface area (Å²) in [6.45, 7) is 1.04. The molecule has 0 amide bonds. The average molecular weight is 241 g/mol. The smallest absolute Gasteiger partial charge is 0.213 e. The van der Waals surface area contributed by atoms with Crippen LogP contribution in [0.4, 0.5) is 5.82 Å². The Balaban J connectivity index is 2.02. The molecule has 0 saturated heterocycles. The van der Waals surface area contributed by atoms with Crippen molar-refractivity contribution in [2.75, 3.05) is 25.6 Å². The minimum absolute atomic E-state index is 0.630. The number of ether oxygens (including phenoxy) is 1. The zero-order valence-electron chi connectivity index (χ0n) is 10.6. The van der Waals surface area contributed by atoms with Crippen molar-refractivity contribution in [1.29, 1.82) is 0 Å². The Labute approximate surface area is 106 Å². The number of hydrogen-bond donors (Lipinski definition) is 0. The highest BCUT2D eigenvalue weighted by molar-refractivity contribution is 5.64. The van der Waals surface area contributed by atoms with Crippen LogP contribution in [0.15, 0.2) is 30.5 Å². The fourth-order valence-electron chi connectivity index (χ4n) is 2.25. The van der Waals surface area contributed by atoms with Gasteiger partial charge in [0.1, 0.15) is 5.82 Å². The minimum atomic E-state index is 0.630. The van der Waals surface area contributed by atoms with E-state index in [9.17, 15) is 0 Å². The molecule has 92 valence electrons. The van der Waals surface area contributed by atoms with Gasteiger partial charge >= 0.3 is 0 Å². The zero-order chi connectivity index (χ0) is 12.5. The molecule has 0 radical (unpaired) electrons. The molecule has 3 rings (SSSR count). The zero-order valence-corrected chi connectivity index (χ0v) is 10.6. The van der Waals surface area contributed by atoms with E-state index in [1.54, 1.807) is 7.11 Å². The van der Waals surface area contributed by atoms with Gasteiger partial charge in [0.05, 0.1) is 12.8 Å². The first kappa shape index (κ1) is 11.0. The minimum Gasteiger partial charge on any atom is -0.481 e. The number of likely N-dealkylation sites (N-methyl/N-ethyl adjacent to an activating group) is 1.